The number of nitrogens with zero attached hydrogens (tertiary/aromatic N) is 1. The lowest BCUT2D eigenvalue weighted by atomic mass is 9.80. The summed E-state index contributed by atoms with van der Waals surface area (Å²) >= 11 is 0. The monoisotopic (exact) mass is 410 g/mol. The van der Waals surface area contributed by atoms with Gasteiger partial charge in [0.1, 0.15) is 5.75 Å². The molecule has 0 heterocycles. The van der Waals surface area contributed by atoms with Crippen LogP contribution in [0.5, 0.6) is 5.75 Å². The first-order valence-electron chi connectivity index (χ1n) is 11.1. The fraction of sp³-hybridized carbons (Fsp3) is 0.538. The maximum absolute atomic E-state index is 12.2. The van der Waals surface area contributed by atoms with E-state index in [0.29, 0.717) is 17.8 Å². The van der Waals surface area contributed by atoms with Crippen molar-refractivity contribution in [2.24, 2.45) is 16.9 Å². The molecule has 2 rings (SSSR count). The molecule has 2 unspecified atom stereocenters. The average molecular weight is 411 g/mol. The van der Waals surface area contributed by atoms with E-state index < -0.39 is 0 Å². The topological polar surface area (TPSA) is 50.7 Å². The van der Waals surface area contributed by atoms with Crippen molar-refractivity contribution in [1.82, 2.24) is 5.43 Å². The van der Waals surface area contributed by atoms with E-state index in [4.69, 9.17) is 4.74 Å². The highest BCUT2D eigenvalue weighted by Gasteiger charge is 2.20. The van der Waals surface area contributed by atoms with Crippen LogP contribution in [0.3, 0.4) is 0 Å². The Morgan fingerprint density at radius 3 is 2.77 bits per heavy atom. The molecule has 1 aromatic carbocycles. The highest BCUT2D eigenvalue weighted by Crippen LogP contribution is 2.30. The molecule has 1 amide bonds. The largest absolute Gasteiger partial charge is 0.483 e. The number of benzene rings is 1. The van der Waals surface area contributed by atoms with Crippen molar-refractivity contribution in [2.45, 2.75) is 73.1 Å². The number of hydrogen-bond acceptors (Lipinski definition) is 3. The normalized spacial score (nSPS) is 19.0. The van der Waals surface area contributed by atoms with E-state index in [2.05, 4.69) is 69.4 Å². The molecule has 164 valence electrons. The highest BCUT2D eigenvalue weighted by atomic mass is 16.5. The summed E-state index contributed by atoms with van der Waals surface area (Å²) in [6.45, 7) is 12.8. The molecule has 0 aliphatic heterocycles. The van der Waals surface area contributed by atoms with E-state index in [9.17, 15) is 4.79 Å². The molecule has 4 heteroatoms. The lowest BCUT2D eigenvalue weighted by Gasteiger charge is -2.25. The summed E-state index contributed by atoms with van der Waals surface area (Å²) in [4.78, 5) is 12.2. The zero-order valence-corrected chi connectivity index (χ0v) is 19.5. The number of hydrogen-bond donors (Lipinski definition) is 1. The Kier molecular flexibility index (Phi) is 9.35. The van der Waals surface area contributed by atoms with Crippen molar-refractivity contribution in [3.8, 4) is 5.75 Å². The molecule has 1 aromatic rings. The molecule has 4 nitrogen and oxygen atoms in total. The van der Waals surface area contributed by atoms with Crippen LogP contribution < -0.4 is 10.2 Å². The number of hydrazone groups is 1. The molecule has 1 aliphatic rings. The van der Waals surface area contributed by atoms with Crippen LogP contribution in [-0.2, 0) is 4.79 Å². The summed E-state index contributed by atoms with van der Waals surface area (Å²) in [6, 6.07) is 6.12. The van der Waals surface area contributed by atoms with Gasteiger partial charge in [-0.1, -0.05) is 56.2 Å². The van der Waals surface area contributed by atoms with E-state index in [1.54, 1.807) is 5.57 Å². The molecule has 0 fully saturated rings. The second-order valence-electron chi connectivity index (χ2n) is 9.06. The number of nitrogens with one attached hydrogen (secondary N) is 1. The minimum Gasteiger partial charge on any atom is -0.483 e. The van der Waals surface area contributed by atoms with E-state index in [-0.39, 0.29) is 12.5 Å². The first-order chi connectivity index (χ1) is 14.3. The van der Waals surface area contributed by atoms with Crippen LogP contribution in [0.2, 0.25) is 0 Å². The van der Waals surface area contributed by atoms with Crippen LogP contribution in [0.15, 0.2) is 46.6 Å². The van der Waals surface area contributed by atoms with Gasteiger partial charge in [-0.3, -0.25) is 4.79 Å². The molecule has 1 N–H and O–H groups in total. The van der Waals surface area contributed by atoms with Gasteiger partial charge in [-0.05, 0) is 75.5 Å². The van der Waals surface area contributed by atoms with Gasteiger partial charge in [-0.25, -0.2) is 5.43 Å². The number of allylic oxidation sites excluding steroid dienone is 4. The van der Waals surface area contributed by atoms with Crippen molar-refractivity contribution < 1.29 is 9.53 Å². The summed E-state index contributed by atoms with van der Waals surface area (Å²) < 4.78 is 5.77. The summed E-state index contributed by atoms with van der Waals surface area (Å²) in [7, 11) is 0. The summed E-state index contributed by atoms with van der Waals surface area (Å²) in [5.41, 5.74) is 7.77. The van der Waals surface area contributed by atoms with Gasteiger partial charge in [0.25, 0.3) is 5.91 Å². The second kappa shape index (κ2) is 11.7. The first-order valence-corrected chi connectivity index (χ1v) is 11.1. The Hall–Kier alpha value is -2.36. The molecule has 0 saturated heterocycles. The van der Waals surface area contributed by atoms with Gasteiger partial charge >= 0.3 is 0 Å². The molecular weight excluding hydrogens is 372 g/mol. The lowest BCUT2D eigenvalue weighted by Crippen LogP contribution is -2.26. The third-order valence-electron chi connectivity index (χ3n) is 5.62. The van der Waals surface area contributed by atoms with Crippen molar-refractivity contribution in [3.63, 3.8) is 0 Å². The summed E-state index contributed by atoms with van der Waals surface area (Å²) in [6.07, 6.45) is 10.9. The minimum atomic E-state index is -0.233. The lowest BCUT2D eigenvalue weighted by molar-refractivity contribution is -0.123. The van der Waals surface area contributed by atoms with E-state index in [0.717, 1.165) is 42.6 Å². The molecule has 0 radical (unpaired) electrons. The first kappa shape index (κ1) is 23.9. The Morgan fingerprint density at radius 2 is 2.10 bits per heavy atom. The van der Waals surface area contributed by atoms with Crippen molar-refractivity contribution in [3.05, 3.63) is 52.6 Å². The molecule has 0 aromatic heterocycles. The fourth-order valence-corrected chi connectivity index (χ4v) is 3.77. The second-order valence-corrected chi connectivity index (χ2v) is 9.06. The van der Waals surface area contributed by atoms with Gasteiger partial charge in [0, 0.05) is 12.1 Å². The fourth-order valence-electron chi connectivity index (χ4n) is 3.77. The molecule has 1 aliphatic carbocycles. The third kappa shape index (κ3) is 7.81. The van der Waals surface area contributed by atoms with Crippen molar-refractivity contribution in [1.29, 1.82) is 0 Å². The zero-order valence-electron chi connectivity index (χ0n) is 19.5. The maximum Gasteiger partial charge on any atom is 0.277 e. The average Bonchev–Trinajstić information content (AvgIpc) is 2.67. The molecule has 30 heavy (non-hydrogen) atoms. The molecule has 0 bridgehead atoms. The maximum atomic E-state index is 12.2. The third-order valence-corrected chi connectivity index (χ3v) is 5.62. The Labute approximate surface area is 182 Å². The van der Waals surface area contributed by atoms with Crippen LogP contribution in [0, 0.1) is 18.8 Å². The smallest absolute Gasteiger partial charge is 0.277 e. The number of ether oxygens (including phenoxy) is 1. The molecule has 2 atom stereocenters. The van der Waals surface area contributed by atoms with Gasteiger partial charge in [-0.2, -0.15) is 5.10 Å². The van der Waals surface area contributed by atoms with Crippen molar-refractivity contribution in [2.75, 3.05) is 6.61 Å². The number of aryl methyl sites for hydroxylation is 1. The van der Waals surface area contributed by atoms with E-state index >= 15 is 0 Å². The molecule has 0 saturated carbocycles. The number of amides is 1. The van der Waals surface area contributed by atoms with Crippen LogP contribution in [0.1, 0.15) is 77.3 Å². The Morgan fingerprint density at radius 1 is 1.33 bits per heavy atom. The van der Waals surface area contributed by atoms with Crippen LogP contribution >= 0.6 is 0 Å². The van der Waals surface area contributed by atoms with Crippen LogP contribution in [0.4, 0.5) is 0 Å². The summed E-state index contributed by atoms with van der Waals surface area (Å²) in [5, 5.41) is 4.20. The van der Waals surface area contributed by atoms with Gasteiger partial charge in [0.2, 0.25) is 0 Å². The number of rotatable bonds is 9. The van der Waals surface area contributed by atoms with Gasteiger partial charge in [0.05, 0.1) is 0 Å². The SMILES string of the molecule is CC(C)=CCCC1=CCC(/C=N/NC(=O)COc2cc(C)ccc2C(C)C)C(C)C1. The van der Waals surface area contributed by atoms with Gasteiger partial charge in [-0.15, -0.1) is 0 Å². The van der Waals surface area contributed by atoms with Crippen molar-refractivity contribution >= 4 is 12.1 Å². The Balaban J connectivity index is 1.80. The van der Waals surface area contributed by atoms with E-state index in [1.807, 2.05) is 19.2 Å². The highest BCUT2D eigenvalue weighted by molar-refractivity contribution is 5.78. The quantitative estimate of drug-likeness (QED) is 0.294. The van der Waals surface area contributed by atoms with E-state index in [1.165, 1.54) is 5.57 Å². The predicted molar refractivity (Wildman–Crippen MR) is 126 cm³/mol. The number of carbonyl (C=O) groups is 1. The van der Waals surface area contributed by atoms with Crippen LogP contribution in [0.25, 0.3) is 0 Å². The number of carbonyl (C=O) groups excluding carboxylic acids is 1. The van der Waals surface area contributed by atoms with Crippen LogP contribution in [-0.4, -0.2) is 18.7 Å². The molecule has 0 spiro atoms. The Bertz CT molecular complexity index is 801. The predicted octanol–water partition coefficient (Wildman–Crippen LogP) is 6.32. The van der Waals surface area contributed by atoms with Gasteiger partial charge < -0.3 is 4.74 Å². The standard InChI is InChI=1S/C26H38N2O2/c1-18(2)8-7-9-22-11-12-23(21(6)15-22)16-27-28-26(29)17-30-25-14-20(5)10-13-24(25)19(3)4/h8,10-11,13-14,16,19,21,23H,7,9,12,15,17H2,1-6H3,(H,28,29)/b27-16+. The minimum absolute atomic E-state index is 0.0326. The zero-order chi connectivity index (χ0) is 22.1. The molecular formula is C26H38N2O2. The summed E-state index contributed by atoms with van der Waals surface area (Å²) in [5.74, 6) is 1.78. The van der Waals surface area contributed by atoms with Gasteiger partial charge in [0.15, 0.2) is 6.61 Å².